The largest absolute Gasteiger partial charge is 0.496 e. The predicted molar refractivity (Wildman–Crippen MR) is 92.5 cm³/mol. The number of anilines is 1. The number of para-hydroxylation sites is 1. The lowest BCUT2D eigenvalue weighted by atomic mass is 9.83. The predicted octanol–water partition coefficient (Wildman–Crippen LogP) is 2.26. The van der Waals surface area contributed by atoms with Gasteiger partial charge in [0.1, 0.15) is 5.75 Å². The molecule has 0 atom stereocenters. The zero-order valence-electron chi connectivity index (χ0n) is 13.7. The van der Waals surface area contributed by atoms with Crippen LogP contribution >= 0.6 is 0 Å². The van der Waals surface area contributed by atoms with E-state index in [2.05, 4.69) is 5.32 Å². The average molecular weight is 348 g/mol. The number of methoxy groups -OCH3 is 1. The Morgan fingerprint density at radius 2 is 1.67 bits per heavy atom. The van der Waals surface area contributed by atoms with E-state index in [0.717, 1.165) is 5.56 Å². The van der Waals surface area contributed by atoms with E-state index < -0.39 is 15.4 Å². The lowest BCUT2D eigenvalue weighted by Crippen LogP contribution is -2.35. The fraction of sp³-hybridized carbons (Fsp3) is 0.235. The maximum absolute atomic E-state index is 12.7. The molecule has 0 unspecified atom stereocenters. The van der Waals surface area contributed by atoms with Gasteiger partial charge in [0.25, 0.3) is 0 Å². The molecule has 0 heterocycles. The van der Waals surface area contributed by atoms with Crippen molar-refractivity contribution < 1.29 is 17.9 Å². The number of nitrogens with one attached hydrogen (secondary N) is 1. The Balaban J connectivity index is 2.25. The van der Waals surface area contributed by atoms with Crippen LogP contribution in [-0.2, 0) is 20.2 Å². The van der Waals surface area contributed by atoms with Crippen LogP contribution in [0.1, 0.15) is 19.4 Å². The summed E-state index contributed by atoms with van der Waals surface area (Å²) in [5, 5.41) is 7.84. The van der Waals surface area contributed by atoms with Gasteiger partial charge in [-0.2, -0.15) is 0 Å². The maximum atomic E-state index is 12.7. The second kappa shape index (κ2) is 6.62. The molecular formula is C17H20N2O4S. The van der Waals surface area contributed by atoms with Crippen LogP contribution in [0.5, 0.6) is 5.75 Å². The van der Waals surface area contributed by atoms with Gasteiger partial charge in [-0.15, -0.1) is 0 Å². The highest BCUT2D eigenvalue weighted by Gasteiger charge is 2.32. The number of sulfonamides is 1. The SMILES string of the molecule is COc1ccccc1C(C)(C)C(=O)Nc1ccc(S(N)(=O)=O)cc1. The summed E-state index contributed by atoms with van der Waals surface area (Å²) in [6.45, 7) is 3.58. The number of hydrogen-bond donors (Lipinski definition) is 2. The molecule has 128 valence electrons. The van der Waals surface area contributed by atoms with Crippen molar-refractivity contribution in [3.63, 3.8) is 0 Å². The summed E-state index contributed by atoms with van der Waals surface area (Å²) < 4.78 is 27.8. The van der Waals surface area contributed by atoms with Crippen molar-refractivity contribution >= 4 is 21.6 Å². The summed E-state index contributed by atoms with van der Waals surface area (Å²) >= 11 is 0. The van der Waals surface area contributed by atoms with Gasteiger partial charge in [0.2, 0.25) is 15.9 Å². The summed E-state index contributed by atoms with van der Waals surface area (Å²) in [7, 11) is -2.20. The van der Waals surface area contributed by atoms with Gasteiger partial charge >= 0.3 is 0 Å². The molecule has 1 amide bonds. The lowest BCUT2D eigenvalue weighted by molar-refractivity contribution is -0.120. The van der Waals surface area contributed by atoms with E-state index in [1.807, 2.05) is 18.2 Å². The quantitative estimate of drug-likeness (QED) is 0.866. The summed E-state index contributed by atoms with van der Waals surface area (Å²) in [6.07, 6.45) is 0. The molecule has 0 radical (unpaired) electrons. The second-order valence-electron chi connectivity index (χ2n) is 5.85. The number of nitrogens with two attached hydrogens (primary N) is 1. The third-order valence-electron chi connectivity index (χ3n) is 3.79. The smallest absolute Gasteiger partial charge is 0.238 e. The van der Waals surface area contributed by atoms with Crippen molar-refractivity contribution in [3.8, 4) is 5.75 Å². The Bertz CT molecular complexity index is 843. The van der Waals surface area contributed by atoms with Gasteiger partial charge in [-0.3, -0.25) is 4.79 Å². The molecule has 0 bridgehead atoms. The van der Waals surface area contributed by atoms with Crippen LogP contribution in [0.15, 0.2) is 53.4 Å². The van der Waals surface area contributed by atoms with Crippen molar-refractivity contribution in [2.75, 3.05) is 12.4 Å². The average Bonchev–Trinajstić information content (AvgIpc) is 2.54. The number of primary sulfonamides is 1. The molecule has 0 aliphatic heterocycles. The Hall–Kier alpha value is -2.38. The molecule has 2 rings (SSSR count). The van der Waals surface area contributed by atoms with Crippen molar-refractivity contribution in [1.29, 1.82) is 0 Å². The molecule has 0 spiro atoms. The zero-order valence-corrected chi connectivity index (χ0v) is 14.6. The molecule has 0 aliphatic rings. The van der Waals surface area contributed by atoms with Gasteiger partial charge in [0.05, 0.1) is 17.4 Å². The molecule has 0 fully saturated rings. The van der Waals surface area contributed by atoms with Crippen LogP contribution in [-0.4, -0.2) is 21.4 Å². The molecular weight excluding hydrogens is 328 g/mol. The van der Waals surface area contributed by atoms with Crippen LogP contribution in [0.3, 0.4) is 0 Å². The van der Waals surface area contributed by atoms with Gasteiger partial charge in [-0.25, -0.2) is 13.6 Å². The van der Waals surface area contributed by atoms with Crippen LogP contribution < -0.4 is 15.2 Å². The van der Waals surface area contributed by atoms with Crippen LogP contribution in [0.25, 0.3) is 0 Å². The monoisotopic (exact) mass is 348 g/mol. The van der Waals surface area contributed by atoms with E-state index in [1.54, 1.807) is 27.0 Å². The van der Waals surface area contributed by atoms with Crippen LogP contribution in [0, 0.1) is 0 Å². The first-order valence-electron chi connectivity index (χ1n) is 7.24. The van der Waals surface area contributed by atoms with E-state index in [0.29, 0.717) is 11.4 Å². The maximum Gasteiger partial charge on any atom is 0.238 e. The van der Waals surface area contributed by atoms with Crippen molar-refractivity contribution in [2.45, 2.75) is 24.2 Å². The fourth-order valence-electron chi connectivity index (χ4n) is 2.30. The number of hydrogen-bond acceptors (Lipinski definition) is 4. The minimum absolute atomic E-state index is 0.00973. The van der Waals surface area contributed by atoms with Gasteiger partial charge < -0.3 is 10.1 Å². The Labute approximate surface area is 141 Å². The highest BCUT2D eigenvalue weighted by molar-refractivity contribution is 7.89. The van der Waals surface area contributed by atoms with Crippen LogP contribution in [0.2, 0.25) is 0 Å². The van der Waals surface area contributed by atoms with Crippen molar-refractivity contribution in [1.82, 2.24) is 0 Å². The summed E-state index contributed by atoms with van der Waals surface area (Å²) in [6, 6.07) is 13.0. The Kier molecular flexibility index (Phi) is 4.96. The first kappa shape index (κ1) is 18.0. The van der Waals surface area contributed by atoms with Crippen LogP contribution in [0.4, 0.5) is 5.69 Å². The van der Waals surface area contributed by atoms with Crippen molar-refractivity contribution in [3.05, 3.63) is 54.1 Å². The van der Waals surface area contributed by atoms with Gasteiger partial charge in [0, 0.05) is 11.3 Å². The van der Waals surface area contributed by atoms with Gasteiger partial charge in [-0.1, -0.05) is 18.2 Å². The molecule has 0 saturated heterocycles. The molecule has 0 aliphatic carbocycles. The topological polar surface area (TPSA) is 98.5 Å². The van der Waals surface area contributed by atoms with E-state index >= 15 is 0 Å². The zero-order chi connectivity index (χ0) is 18.0. The third kappa shape index (κ3) is 3.74. The van der Waals surface area contributed by atoms with Gasteiger partial charge in [0.15, 0.2) is 0 Å². The number of amides is 1. The molecule has 2 aromatic carbocycles. The highest BCUT2D eigenvalue weighted by Crippen LogP contribution is 2.32. The first-order chi connectivity index (χ1) is 11.2. The minimum atomic E-state index is -3.76. The number of rotatable bonds is 5. The van der Waals surface area contributed by atoms with E-state index in [1.165, 1.54) is 24.3 Å². The summed E-state index contributed by atoms with van der Waals surface area (Å²) in [5.41, 5.74) is 0.395. The molecule has 2 aromatic rings. The lowest BCUT2D eigenvalue weighted by Gasteiger charge is -2.26. The molecule has 3 N–H and O–H groups in total. The molecule has 0 saturated carbocycles. The molecule has 0 aromatic heterocycles. The minimum Gasteiger partial charge on any atom is -0.496 e. The molecule has 24 heavy (non-hydrogen) atoms. The standard InChI is InChI=1S/C17H20N2O4S/c1-17(2,14-6-4-5-7-15(14)23-3)16(20)19-12-8-10-13(11-9-12)24(18,21)22/h4-11H,1-3H3,(H,19,20)(H2,18,21,22). The number of benzene rings is 2. The van der Waals surface area contributed by atoms with Crippen molar-refractivity contribution in [2.24, 2.45) is 5.14 Å². The Morgan fingerprint density at radius 3 is 2.21 bits per heavy atom. The number of carbonyl (C=O) groups excluding carboxylic acids is 1. The van der Waals surface area contributed by atoms with Gasteiger partial charge in [-0.05, 0) is 44.2 Å². The number of carbonyl (C=O) groups is 1. The summed E-state index contributed by atoms with van der Waals surface area (Å²) in [5.74, 6) is 0.387. The normalized spacial score (nSPS) is 11.8. The Morgan fingerprint density at radius 1 is 1.08 bits per heavy atom. The van der Waals surface area contributed by atoms with E-state index in [-0.39, 0.29) is 10.8 Å². The molecule has 6 nitrogen and oxygen atoms in total. The van der Waals surface area contributed by atoms with E-state index in [4.69, 9.17) is 9.88 Å². The summed E-state index contributed by atoms with van der Waals surface area (Å²) in [4.78, 5) is 12.7. The second-order valence-corrected chi connectivity index (χ2v) is 7.41. The first-order valence-corrected chi connectivity index (χ1v) is 8.78. The number of ether oxygens (including phenoxy) is 1. The molecule has 7 heteroatoms. The fourth-order valence-corrected chi connectivity index (χ4v) is 2.81. The van der Waals surface area contributed by atoms with E-state index in [9.17, 15) is 13.2 Å². The highest BCUT2D eigenvalue weighted by atomic mass is 32.2. The third-order valence-corrected chi connectivity index (χ3v) is 4.72.